The van der Waals surface area contributed by atoms with Gasteiger partial charge in [-0.25, -0.2) is 27.9 Å². The Balaban J connectivity index is 1.45. The van der Waals surface area contributed by atoms with Gasteiger partial charge >= 0.3 is 11.4 Å². The lowest BCUT2D eigenvalue weighted by atomic mass is 9.52. The van der Waals surface area contributed by atoms with E-state index in [4.69, 9.17) is 11.6 Å². The summed E-state index contributed by atoms with van der Waals surface area (Å²) in [6.07, 6.45) is 1.84. The normalized spacial score (nSPS) is 23.3. The molecule has 0 unspecified atom stereocenters. The van der Waals surface area contributed by atoms with E-state index < -0.39 is 52.3 Å². The Labute approximate surface area is 271 Å². The highest BCUT2D eigenvalue weighted by Gasteiger charge is 2.69. The second kappa shape index (κ2) is 10.3. The van der Waals surface area contributed by atoms with Gasteiger partial charge < -0.3 is 5.11 Å². The van der Waals surface area contributed by atoms with Crippen LogP contribution in [0.2, 0.25) is 5.02 Å². The Hall–Kier alpha value is -5.42. The predicted octanol–water partition coefficient (Wildman–Crippen LogP) is 4.62. The lowest BCUT2D eigenvalue weighted by Gasteiger charge is -2.49. The summed E-state index contributed by atoms with van der Waals surface area (Å²) in [5.41, 5.74) is 2.08. The first-order valence-corrected chi connectivity index (χ1v) is 15.5. The van der Waals surface area contributed by atoms with Crippen LogP contribution >= 0.6 is 11.6 Å². The molecule has 3 heterocycles. The van der Waals surface area contributed by atoms with Crippen molar-refractivity contribution in [1.29, 1.82) is 0 Å². The molecule has 47 heavy (non-hydrogen) atoms. The maximum absolute atomic E-state index is 15.2. The quantitative estimate of drug-likeness (QED) is 0.216. The fraction of sp³-hybridized carbons (Fsp3) is 0.200. The van der Waals surface area contributed by atoms with Gasteiger partial charge in [-0.3, -0.25) is 15.0 Å². The van der Waals surface area contributed by atoms with Crippen molar-refractivity contribution in [1.82, 2.24) is 18.9 Å². The van der Waals surface area contributed by atoms with Crippen molar-refractivity contribution < 1.29 is 19.1 Å². The van der Waals surface area contributed by atoms with E-state index in [2.05, 4.69) is 5.43 Å². The number of phenolic OH excluding ortho intramolecular Hbond substituents is 1. The van der Waals surface area contributed by atoms with Crippen LogP contribution in [0.15, 0.2) is 106 Å². The molecular formula is C35H27ClFN5O5. The summed E-state index contributed by atoms with van der Waals surface area (Å²) >= 11 is 6.33. The topological polar surface area (TPSA) is 119 Å². The van der Waals surface area contributed by atoms with Crippen LogP contribution in [0.25, 0.3) is 10.8 Å². The number of hydrogen-bond donors (Lipinski definition) is 2. The van der Waals surface area contributed by atoms with Crippen molar-refractivity contribution in [2.45, 2.75) is 30.3 Å². The van der Waals surface area contributed by atoms with Crippen molar-refractivity contribution in [2.24, 2.45) is 13.0 Å². The van der Waals surface area contributed by atoms with E-state index >= 15 is 4.79 Å². The van der Waals surface area contributed by atoms with Crippen molar-refractivity contribution in [3.63, 3.8) is 0 Å². The summed E-state index contributed by atoms with van der Waals surface area (Å²) < 4.78 is 17.5. The van der Waals surface area contributed by atoms with Crippen LogP contribution in [0.3, 0.4) is 0 Å². The van der Waals surface area contributed by atoms with Crippen LogP contribution in [-0.4, -0.2) is 35.9 Å². The molecule has 2 N–H and O–H groups in total. The molecule has 1 aliphatic carbocycles. The summed E-state index contributed by atoms with van der Waals surface area (Å²) in [5.74, 6) is -3.76. The number of allylic oxidation sites excluding steroid dienone is 2. The maximum atomic E-state index is 15.2. The molecule has 0 radical (unpaired) electrons. The number of aromatic nitrogens is 3. The summed E-state index contributed by atoms with van der Waals surface area (Å²) in [7, 11) is 1.40. The number of hydrazine groups is 1. The largest absolute Gasteiger partial charge is 0.508 e. The number of phenols is 1. The van der Waals surface area contributed by atoms with Crippen LogP contribution < -0.4 is 16.8 Å². The Morgan fingerprint density at radius 2 is 1.64 bits per heavy atom. The summed E-state index contributed by atoms with van der Waals surface area (Å²) in [6.45, 7) is 0.0455. The number of anilines is 1. The number of fused-ring (bicyclic) bond motifs is 5. The molecule has 4 aromatic carbocycles. The van der Waals surface area contributed by atoms with Crippen LogP contribution in [0.4, 0.5) is 10.1 Å². The zero-order chi connectivity index (χ0) is 32.8. The number of rotatable bonds is 4. The summed E-state index contributed by atoms with van der Waals surface area (Å²) in [5, 5.41) is 14.6. The monoisotopic (exact) mass is 651 g/mol. The number of carbonyl (C=O) groups is 2. The van der Waals surface area contributed by atoms with Gasteiger partial charge in [-0.05, 0) is 70.8 Å². The van der Waals surface area contributed by atoms with E-state index in [-0.39, 0.29) is 18.7 Å². The minimum atomic E-state index is -1.63. The molecule has 2 amide bonds. The lowest BCUT2D eigenvalue weighted by molar-refractivity contribution is -0.138. The van der Waals surface area contributed by atoms with Crippen molar-refractivity contribution in [2.75, 3.05) is 5.43 Å². The highest BCUT2D eigenvalue weighted by molar-refractivity contribution is 6.30. The SMILES string of the molecule is Cn1c(=O)n2n(c1=O)[C@@H]1C[C@H]3C(=O)N(Nc4ccc(F)cc4)C(=O)[C@@]3(c3ccc(Cl)cc3)[C@@H](c3c(O)ccc4ccccc34)C1=CC2. The number of halogens is 2. The van der Waals surface area contributed by atoms with Gasteiger partial charge in [-0.2, -0.15) is 5.01 Å². The number of nitrogens with one attached hydrogen (secondary N) is 1. The second-order valence-electron chi connectivity index (χ2n) is 12.2. The zero-order valence-corrected chi connectivity index (χ0v) is 25.7. The highest BCUT2D eigenvalue weighted by Crippen LogP contribution is 2.63. The van der Waals surface area contributed by atoms with Crippen molar-refractivity contribution in [3.05, 3.63) is 140 Å². The molecule has 8 rings (SSSR count). The smallest absolute Gasteiger partial charge is 0.347 e. The van der Waals surface area contributed by atoms with E-state index in [1.54, 1.807) is 36.4 Å². The fourth-order valence-electron chi connectivity index (χ4n) is 7.93. The molecule has 3 aliphatic rings. The molecule has 10 nitrogen and oxygen atoms in total. The number of imide groups is 1. The Morgan fingerprint density at radius 1 is 0.915 bits per heavy atom. The zero-order valence-electron chi connectivity index (χ0n) is 24.9. The van der Waals surface area contributed by atoms with Crippen LogP contribution in [0, 0.1) is 11.7 Å². The third kappa shape index (κ3) is 3.95. The average Bonchev–Trinajstić information content (AvgIpc) is 3.43. The third-order valence-electron chi connectivity index (χ3n) is 9.95. The highest BCUT2D eigenvalue weighted by atomic mass is 35.5. The predicted molar refractivity (Wildman–Crippen MR) is 173 cm³/mol. The maximum Gasteiger partial charge on any atom is 0.347 e. The van der Waals surface area contributed by atoms with Crippen LogP contribution in [0.1, 0.15) is 29.5 Å². The first-order valence-electron chi connectivity index (χ1n) is 15.1. The van der Waals surface area contributed by atoms with Gasteiger partial charge in [-0.1, -0.05) is 60.1 Å². The average molecular weight is 652 g/mol. The van der Waals surface area contributed by atoms with Crippen LogP contribution in [0.5, 0.6) is 5.75 Å². The Kier molecular flexibility index (Phi) is 6.36. The van der Waals surface area contributed by atoms with E-state index in [0.29, 0.717) is 32.8 Å². The van der Waals surface area contributed by atoms with Crippen molar-refractivity contribution in [3.8, 4) is 5.75 Å². The number of nitrogens with zero attached hydrogens (tertiary/aromatic N) is 4. The van der Waals surface area contributed by atoms with E-state index in [0.717, 1.165) is 15.0 Å². The molecule has 12 heteroatoms. The molecule has 1 saturated heterocycles. The van der Waals surface area contributed by atoms with Gasteiger partial charge in [0.2, 0.25) is 0 Å². The number of aromatic hydroxyl groups is 1. The van der Waals surface area contributed by atoms with E-state index in [1.165, 1.54) is 40.7 Å². The van der Waals surface area contributed by atoms with Gasteiger partial charge in [0.25, 0.3) is 11.8 Å². The number of carbonyl (C=O) groups excluding carboxylic acids is 2. The summed E-state index contributed by atoms with van der Waals surface area (Å²) in [6, 6.07) is 22.0. The molecule has 0 bridgehead atoms. The molecular weight excluding hydrogens is 625 g/mol. The van der Waals surface area contributed by atoms with Crippen molar-refractivity contribution >= 4 is 39.9 Å². The molecule has 5 aromatic rings. The van der Waals surface area contributed by atoms with Crippen LogP contribution in [-0.2, 0) is 28.6 Å². The number of benzene rings is 4. The minimum absolute atomic E-state index is 0.00597. The fourth-order valence-corrected chi connectivity index (χ4v) is 8.05. The number of amides is 2. The molecule has 2 aliphatic heterocycles. The second-order valence-corrected chi connectivity index (χ2v) is 12.6. The first kappa shape index (κ1) is 29.0. The first-order chi connectivity index (χ1) is 22.6. The molecule has 0 spiro atoms. The van der Waals surface area contributed by atoms with Gasteiger partial charge in [0.1, 0.15) is 11.6 Å². The standard InChI is InChI=1S/C35H27ClFN5O5/c1-39-33(46)40-17-16-25-27(42(40)34(39)47)18-26-31(44)41(38-23-13-11-22(37)12-14-23)32(45)35(26,20-7-9-21(36)10-8-20)30(25)29-24-5-3-2-4-19(24)6-15-28(29)43/h2-16,26-27,30,38,43H,17-18H2,1H3/t26-,27+,30+,35+/m0/s1. The Morgan fingerprint density at radius 3 is 2.38 bits per heavy atom. The van der Waals surface area contributed by atoms with Gasteiger partial charge in [0.15, 0.2) is 0 Å². The minimum Gasteiger partial charge on any atom is -0.508 e. The van der Waals surface area contributed by atoms with E-state index in [9.17, 15) is 23.9 Å². The van der Waals surface area contributed by atoms with Gasteiger partial charge in [0.05, 0.1) is 29.6 Å². The molecule has 2 fully saturated rings. The van der Waals surface area contributed by atoms with Gasteiger partial charge in [-0.15, -0.1) is 0 Å². The molecule has 1 saturated carbocycles. The summed E-state index contributed by atoms with van der Waals surface area (Å²) in [4.78, 5) is 56.5. The Bertz CT molecular complexity index is 2290. The number of hydrogen-bond acceptors (Lipinski definition) is 6. The molecule has 236 valence electrons. The third-order valence-corrected chi connectivity index (χ3v) is 10.2. The lowest BCUT2D eigenvalue weighted by Crippen LogP contribution is -2.53. The van der Waals surface area contributed by atoms with E-state index in [1.807, 2.05) is 30.3 Å². The molecule has 1 aromatic heterocycles. The molecule has 4 atom stereocenters. The van der Waals surface area contributed by atoms with Gasteiger partial charge in [0, 0.05) is 23.6 Å².